The molecule has 0 fully saturated rings. The fraction of sp³-hybridized carbons (Fsp3) is 0.235. The van der Waals surface area contributed by atoms with E-state index >= 15 is 0 Å². The standard InChI is InChI=1S/C17H16FN7O2S/c18-11-7-12-14(8-13(11)24-5-3-19-10-24)25(16(27)15(26)22-12)4-1-2-6-28-17-20-9-21-23-17/h3,5,7-10H,1-2,4,6H2,(H,22,26)(H,20,21,23). The monoisotopic (exact) mass is 401 g/mol. The minimum atomic E-state index is -0.765. The third-order valence-corrected chi connectivity index (χ3v) is 5.20. The molecular weight excluding hydrogens is 385 g/mol. The SMILES string of the molecule is O=c1[nH]c2cc(F)c(-n3ccnc3)cc2n(CCCCSc2ncn[nH]2)c1=O. The second kappa shape index (κ2) is 7.80. The number of benzene rings is 1. The van der Waals surface area contributed by atoms with Crippen LogP contribution in [0.15, 0.2) is 51.9 Å². The quantitative estimate of drug-likeness (QED) is 0.277. The predicted molar refractivity (Wildman–Crippen MR) is 102 cm³/mol. The van der Waals surface area contributed by atoms with Crippen molar-refractivity contribution in [3.63, 3.8) is 0 Å². The number of H-pyrrole nitrogens is 2. The molecular formula is C17H16FN7O2S. The first kappa shape index (κ1) is 18.2. The first-order valence-electron chi connectivity index (χ1n) is 8.56. The molecule has 0 aliphatic carbocycles. The lowest BCUT2D eigenvalue weighted by Gasteiger charge is -2.12. The smallest absolute Gasteiger partial charge is 0.316 e. The summed E-state index contributed by atoms with van der Waals surface area (Å²) in [6.45, 7) is 0.352. The van der Waals surface area contributed by atoms with Crippen LogP contribution in [0.2, 0.25) is 0 Å². The van der Waals surface area contributed by atoms with Crippen LogP contribution in [0, 0.1) is 5.82 Å². The van der Waals surface area contributed by atoms with Crippen LogP contribution in [0.25, 0.3) is 16.7 Å². The van der Waals surface area contributed by atoms with Crippen LogP contribution in [-0.2, 0) is 6.54 Å². The molecule has 0 atom stereocenters. The molecule has 144 valence electrons. The summed E-state index contributed by atoms with van der Waals surface area (Å²) in [7, 11) is 0. The topological polar surface area (TPSA) is 114 Å². The molecule has 0 saturated heterocycles. The molecule has 11 heteroatoms. The first-order valence-corrected chi connectivity index (χ1v) is 9.55. The molecule has 9 nitrogen and oxygen atoms in total. The zero-order chi connectivity index (χ0) is 19.5. The molecule has 0 amide bonds. The number of nitrogens with one attached hydrogen (secondary N) is 2. The van der Waals surface area contributed by atoms with Crippen molar-refractivity contribution >= 4 is 22.8 Å². The van der Waals surface area contributed by atoms with Gasteiger partial charge in [-0.2, -0.15) is 5.10 Å². The molecule has 4 aromatic rings. The number of nitrogens with zero attached hydrogens (tertiary/aromatic N) is 5. The lowest BCUT2D eigenvalue weighted by Crippen LogP contribution is -2.36. The van der Waals surface area contributed by atoms with Crippen LogP contribution in [0.5, 0.6) is 0 Å². The van der Waals surface area contributed by atoms with E-state index in [2.05, 4.69) is 25.1 Å². The van der Waals surface area contributed by atoms with Crippen molar-refractivity contribution in [2.24, 2.45) is 0 Å². The van der Waals surface area contributed by atoms with Crippen molar-refractivity contribution < 1.29 is 4.39 Å². The third kappa shape index (κ3) is 3.60. The maximum atomic E-state index is 14.5. The summed E-state index contributed by atoms with van der Waals surface area (Å²) in [5, 5.41) is 7.29. The summed E-state index contributed by atoms with van der Waals surface area (Å²) in [5.41, 5.74) is -0.414. The number of aromatic nitrogens is 7. The second-order valence-electron chi connectivity index (χ2n) is 6.05. The van der Waals surface area contributed by atoms with Gasteiger partial charge in [0, 0.05) is 30.8 Å². The molecule has 0 spiro atoms. The van der Waals surface area contributed by atoms with E-state index in [0.717, 1.165) is 17.3 Å². The van der Waals surface area contributed by atoms with Crippen molar-refractivity contribution in [1.29, 1.82) is 0 Å². The van der Waals surface area contributed by atoms with Gasteiger partial charge in [0.25, 0.3) is 0 Å². The van der Waals surface area contributed by atoms with Gasteiger partial charge in [-0.1, -0.05) is 11.8 Å². The Labute approximate surface area is 161 Å². The second-order valence-corrected chi connectivity index (χ2v) is 7.13. The molecule has 3 aromatic heterocycles. The maximum Gasteiger partial charge on any atom is 0.316 e. The Hall–Kier alpha value is -3.21. The summed E-state index contributed by atoms with van der Waals surface area (Å²) < 4.78 is 17.4. The largest absolute Gasteiger partial charge is 0.316 e. The van der Waals surface area contributed by atoms with Crippen LogP contribution in [-0.4, -0.2) is 40.0 Å². The molecule has 0 aliphatic heterocycles. The van der Waals surface area contributed by atoms with Gasteiger partial charge < -0.3 is 14.1 Å². The van der Waals surface area contributed by atoms with Gasteiger partial charge in [0.15, 0.2) is 5.16 Å². The van der Waals surface area contributed by atoms with Crippen LogP contribution in [0.1, 0.15) is 12.8 Å². The van der Waals surface area contributed by atoms with Crippen LogP contribution in [0.4, 0.5) is 4.39 Å². The molecule has 0 aliphatic rings. The van der Waals surface area contributed by atoms with Crippen molar-refractivity contribution in [2.75, 3.05) is 5.75 Å². The number of aryl methyl sites for hydroxylation is 1. The molecule has 1 aromatic carbocycles. The molecule has 0 bridgehead atoms. The van der Waals surface area contributed by atoms with Crippen molar-refractivity contribution in [2.45, 2.75) is 24.5 Å². The molecule has 2 N–H and O–H groups in total. The molecule has 0 saturated carbocycles. The molecule has 0 radical (unpaired) electrons. The number of aromatic amines is 2. The third-order valence-electron chi connectivity index (χ3n) is 4.23. The first-order chi connectivity index (χ1) is 13.6. The van der Waals surface area contributed by atoms with Gasteiger partial charge in [0.2, 0.25) is 0 Å². The molecule has 0 unspecified atom stereocenters. The average molecular weight is 401 g/mol. The predicted octanol–water partition coefficient (Wildman–Crippen LogP) is 1.71. The van der Waals surface area contributed by atoms with Crippen molar-refractivity contribution in [3.05, 3.63) is 63.7 Å². The Morgan fingerprint density at radius 3 is 2.86 bits per heavy atom. The summed E-state index contributed by atoms with van der Waals surface area (Å²) >= 11 is 1.53. The number of fused-ring (bicyclic) bond motifs is 1. The summed E-state index contributed by atoms with van der Waals surface area (Å²) in [6, 6.07) is 2.77. The van der Waals surface area contributed by atoms with Gasteiger partial charge in [-0.25, -0.2) is 14.4 Å². The minimum Gasteiger partial charge on any atom is -0.316 e. The highest BCUT2D eigenvalue weighted by atomic mass is 32.2. The summed E-state index contributed by atoms with van der Waals surface area (Å²) in [4.78, 5) is 34.8. The highest BCUT2D eigenvalue weighted by Gasteiger charge is 2.13. The van der Waals surface area contributed by atoms with E-state index in [1.165, 1.54) is 45.8 Å². The summed E-state index contributed by atoms with van der Waals surface area (Å²) in [6.07, 6.45) is 7.55. The van der Waals surface area contributed by atoms with Gasteiger partial charge in [0.1, 0.15) is 12.1 Å². The average Bonchev–Trinajstić information content (AvgIpc) is 3.38. The van der Waals surface area contributed by atoms with E-state index < -0.39 is 16.9 Å². The number of halogens is 1. The van der Waals surface area contributed by atoms with Crippen molar-refractivity contribution in [3.8, 4) is 5.69 Å². The number of thioether (sulfide) groups is 1. The molecule has 28 heavy (non-hydrogen) atoms. The highest BCUT2D eigenvalue weighted by Crippen LogP contribution is 2.20. The summed E-state index contributed by atoms with van der Waals surface area (Å²) in [5.74, 6) is 0.273. The number of unbranched alkanes of at least 4 members (excludes halogenated alkanes) is 1. The normalized spacial score (nSPS) is 11.3. The van der Waals surface area contributed by atoms with E-state index in [0.29, 0.717) is 18.5 Å². The Morgan fingerprint density at radius 2 is 2.11 bits per heavy atom. The highest BCUT2D eigenvalue weighted by molar-refractivity contribution is 7.99. The van der Waals surface area contributed by atoms with Crippen LogP contribution in [0.3, 0.4) is 0 Å². The maximum absolute atomic E-state index is 14.5. The van der Waals surface area contributed by atoms with Gasteiger partial charge in [-0.05, 0) is 18.9 Å². The fourth-order valence-corrected chi connectivity index (χ4v) is 3.69. The van der Waals surface area contributed by atoms with Gasteiger partial charge in [-0.3, -0.25) is 14.7 Å². The van der Waals surface area contributed by atoms with Crippen LogP contribution >= 0.6 is 11.8 Å². The minimum absolute atomic E-state index is 0.256. The van der Waals surface area contributed by atoms with E-state index in [4.69, 9.17) is 0 Å². The van der Waals surface area contributed by atoms with Crippen molar-refractivity contribution in [1.82, 2.24) is 34.3 Å². The van der Waals surface area contributed by atoms with Gasteiger partial charge in [0.05, 0.1) is 23.0 Å². The number of rotatable bonds is 7. The van der Waals surface area contributed by atoms with E-state index in [1.54, 1.807) is 12.3 Å². The zero-order valence-electron chi connectivity index (χ0n) is 14.6. The zero-order valence-corrected chi connectivity index (χ0v) is 15.4. The lowest BCUT2D eigenvalue weighted by atomic mass is 10.2. The Morgan fingerprint density at radius 1 is 1.21 bits per heavy atom. The van der Waals surface area contributed by atoms with Gasteiger partial charge in [-0.15, -0.1) is 0 Å². The Bertz CT molecular complexity index is 1200. The fourth-order valence-electron chi connectivity index (χ4n) is 2.91. The molecule has 4 rings (SSSR count). The van der Waals surface area contributed by atoms with E-state index in [-0.39, 0.29) is 11.2 Å². The lowest BCUT2D eigenvalue weighted by molar-refractivity contribution is 0.612. The van der Waals surface area contributed by atoms with E-state index in [9.17, 15) is 14.0 Å². The number of imidazole rings is 1. The van der Waals surface area contributed by atoms with Crippen LogP contribution < -0.4 is 11.1 Å². The number of hydrogen-bond acceptors (Lipinski definition) is 6. The molecule has 3 heterocycles. The number of hydrogen-bond donors (Lipinski definition) is 2. The Kier molecular flexibility index (Phi) is 5.06. The van der Waals surface area contributed by atoms with E-state index in [1.807, 2.05) is 0 Å². The van der Waals surface area contributed by atoms with Gasteiger partial charge >= 0.3 is 11.1 Å². The Balaban J connectivity index is 1.60.